The smallest absolute Gasteiger partial charge is 0.147 e. The van der Waals surface area contributed by atoms with Gasteiger partial charge in [0.25, 0.3) is 0 Å². The van der Waals surface area contributed by atoms with E-state index in [1.807, 2.05) is 18.0 Å². The third kappa shape index (κ3) is 2.80. The van der Waals surface area contributed by atoms with E-state index in [1.165, 1.54) is 12.5 Å². The molecule has 0 aromatic heterocycles. The fourth-order valence-electron chi connectivity index (χ4n) is 2.55. The standard InChI is InChI=1S/C14H18FN3/c1-17-6-5-12(9-17)10-18(2)14-4-3-11(8-16)7-13(14)15/h3-4,7,12H,5-6,9-10H2,1-2H3. The second kappa shape index (κ2) is 5.36. The molecule has 0 saturated carbocycles. The Hall–Kier alpha value is -1.60. The molecule has 1 fully saturated rings. The maximum atomic E-state index is 13.8. The van der Waals surface area contributed by atoms with E-state index < -0.39 is 0 Å². The van der Waals surface area contributed by atoms with Crippen LogP contribution in [-0.2, 0) is 0 Å². The molecule has 1 aromatic rings. The summed E-state index contributed by atoms with van der Waals surface area (Å²) in [6.07, 6.45) is 1.17. The van der Waals surface area contributed by atoms with Crippen LogP contribution in [0.5, 0.6) is 0 Å². The lowest BCUT2D eigenvalue weighted by Crippen LogP contribution is -2.27. The summed E-state index contributed by atoms with van der Waals surface area (Å²) in [7, 11) is 4.02. The minimum absolute atomic E-state index is 0.317. The highest BCUT2D eigenvalue weighted by molar-refractivity contribution is 5.50. The van der Waals surface area contributed by atoms with Gasteiger partial charge < -0.3 is 9.80 Å². The van der Waals surface area contributed by atoms with Crippen LogP contribution in [0.1, 0.15) is 12.0 Å². The average Bonchev–Trinajstić information content (AvgIpc) is 2.74. The molecule has 1 aliphatic rings. The van der Waals surface area contributed by atoms with Crippen LogP contribution >= 0.6 is 0 Å². The fraction of sp³-hybridized carbons (Fsp3) is 0.500. The number of benzene rings is 1. The molecule has 0 amide bonds. The number of halogens is 1. The number of hydrogen-bond donors (Lipinski definition) is 0. The highest BCUT2D eigenvalue weighted by atomic mass is 19.1. The van der Waals surface area contributed by atoms with E-state index in [4.69, 9.17) is 5.26 Å². The molecule has 0 bridgehead atoms. The maximum Gasteiger partial charge on any atom is 0.147 e. The van der Waals surface area contributed by atoms with Gasteiger partial charge in [0.05, 0.1) is 17.3 Å². The van der Waals surface area contributed by atoms with Crippen molar-refractivity contribution in [2.45, 2.75) is 6.42 Å². The molecule has 1 aliphatic heterocycles. The molecule has 2 rings (SSSR count). The fourth-order valence-corrected chi connectivity index (χ4v) is 2.55. The maximum absolute atomic E-state index is 13.8. The number of likely N-dealkylation sites (tertiary alicyclic amines) is 1. The molecule has 18 heavy (non-hydrogen) atoms. The van der Waals surface area contributed by atoms with Crippen LogP contribution in [-0.4, -0.2) is 38.6 Å². The molecule has 0 spiro atoms. The Bertz CT molecular complexity index is 467. The zero-order valence-corrected chi connectivity index (χ0v) is 10.9. The summed E-state index contributed by atoms with van der Waals surface area (Å²) < 4.78 is 13.8. The van der Waals surface area contributed by atoms with E-state index in [2.05, 4.69) is 11.9 Å². The van der Waals surface area contributed by atoms with E-state index in [0.29, 0.717) is 17.2 Å². The number of nitriles is 1. The summed E-state index contributed by atoms with van der Waals surface area (Å²) in [6, 6.07) is 6.60. The van der Waals surface area contributed by atoms with E-state index >= 15 is 0 Å². The van der Waals surface area contributed by atoms with Crippen molar-refractivity contribution in [1.29, 1.82) is 5.26 Å². The van der Waals surface area contributed by atoms with Crippen molar-refractivity contribution in [3.05, 3.63) is 29.6 Å². The molecule has 0 aliphatic carbocycles. The lowest BCUT2D eigenvalue weighted by molar-refractivity contribution is 0.395. The summed E-state index contributed by atoms with van der Waals surface area (Å²) in [5.74, 6) is 0.276. The lowest BCUT2D eigenvalue weighted by Gasteiger charge is -2.23. The minimum Gasteiger partial charge on any atom is -0.372 e. The summed E-state index contributed by atoms with van der Waals surface area (Å²) in [5.41, 5.74) is 0.939. The van der Waals surface area contributed by atoms with Gasteiger partial charge in [0, 0.05) is 20.1 Å². The van der Waals surface area contributed by atoms with Crippen molar-refractivity contribution in [3.8, 4) is 6.07 Å². The number of hydrogen-bond acceptors (Lipinski definition) is 3. The first-order valence-corrected chi connectivity index (χ1v) is 6.19. The van der Waals surface area contributed by atoms with Gasteiger partial charge in [0.1, 0.15) is 5.82 Å². The summed E-state index contributed by atoms with van der Waals surface area (Å²) >= 11 is 0. The first-order valence-electron chi connectivity index (χ1n) is 6.19. The van der Waals surface area contributed by atoms with Crippen molar-refractivity contribution in [3.63, 3.8) is 0 Å². The number of nitrogens with zero attached hydrogens (tertiary/aromatic N) is 3. The van der Waals surface area contributed by atoms with Crippen molar-refractivity contribution >= 4 is 5.69 Å². The molecule has 1 atom stereocenters. The SMILES string of the molecule is CN1CCC(CN(C)c2ccc(C#N)cc2F)C1. The van der Waals surface area contributed by atoms with Crippen molar-refractivity contribution < 1.29 is 4.39 Å². The van der Waals surface area contributed by atoms with Gasteiger partial charge in [-0.2, -0.15) is 5.26 Å². The van der Waals surface area contributed by atoms with Gasteiger partial charge in [0.15, 0.2) is 0 Å². The molecule has 1 saturated heterocycles. The highest BCUT2D eigenvalue weighted by Gasteiger charge is 2.21. The Morgan fingerprint density at radius 1 is 1.56 bits per heavy atom. The first-order chi connectivity index (χ1) is 8.60. The summed E-state index contributed by atoms with van der Waals surface area (Å²) in [6.45, 7) is 3.05. The van der Waals surface area contributed by atoms with E-state index in [9.17, 15) is 4.39 Å². The van der Waals surface area contributed by atoms with Gasteiger partial charge in [-0.05, 0) is 44.1 Å². The van der Waals surface area contributed by atoms with Gasteiger partial charge in [-0.15, -0.1) is 0 Å². The highest BCUT2D eigenvalue weighted by Crippen LogP contribution is 2.22. The molecule has 0 radical (unpaired) electrons. The van der Waals surface area contributed by atoms with Crippen molar-refractivity contribution in [2.75, 3.05) is 38.6 Å². The van der Waals surface area contributed by atoms with Crippen LogP contribution in [0.15, 0.2) is 18.2 Å². The molecular weight excluding hydrogens is 229 g/mol. The van der Waals surface area contributed by atoms with Gasteiger partial charge in [0.2, 0.25) is 0 Å². The molecule has 0 N–H and O–H groups in total. The third-order valence-corrected chi connectivity index (χ3v) is 3.51. The summed E-state index contributed by atoms with van der Waals surface area (Å²) in [5, 5.41) is 8.71. The Morgan fingerprint density at radius 3 is 2.89 bits per heavy atom. The first kappa shape index (κ1) is 12.8. The van der Waals surface area contributed by atoms with E-state index in [1.54, 1.807) is 12.1 Å². The largest absolute Gasteiger partial charge is 0.372 e. The van der Waals surface area contributed by atoms with E-state index in [0.717, 1.165) is 19.6 Å². The number of rotatable bonds is 3. The lowest BCUT2D eigenvalue weighted by atomic mass is 10.1. The topological polar surface area (TPSA) is 30.3 Å². The zero-order chi connectivity index (χ0) is 13.1. The van der Waals surface area contributed by atoms with Crippen molar-refractivity contribution in [1.82, 2.24) is 4.90 Å². The molecule has 4 heteroatoms. The minimum atomic E-state index is -0.317. The average molecular weight is 247 g/mol. The van der Waals surface area contributed by atoms with E-state index in [-0.39, 0.29) is 5.82 Å². The predicted molar refractivity (Wildman–Crippen MR) is 70.0 cm³/mol. The van der Waals surface area contributed by atoms with Crippen LogP contribution in [0.4, 0.5) is 10.1 Å². The second-order valence-electron chi connectivity index (χ2n) is 5.08. The van der Waals surface area contributed by atoms with Gasteiger partial charge in [-0.25, -0.2) is 4.39 Å². The van der Waals surface area contributed by atoms with Gasteiger partial charge >= 0.3 is 0 Å². The molecule has 1 heterocycles. The second-order valence-corrected chi connectivity index (χ2v) is 5.08. The third-order valence-electron chi connectivity index (χ3n) is 3.51. The zero-order valence-electron chi connectivity index (χ0n) is 10.9. The monoisotopic (exact) mass is 247 g/mol. The molecule has 96 valence electrons. The van der Waals surface area contributed by atoms with Crippen LogP contribution in [0.2, 0.25) is 0 Å². The van der Waals surface area contributed by atoms with Crippen LogP contribution < -0.4 is 4.90 Å². The summed E-state index contributed by atoms with van der Waals surface area (Å²) in [4.78, 5) is 4.24. The predicted octanol–water partition coefficient (Wildman–Crippen LogP) is 2.09. The number of anilines is 1. The Morgan fingerprint density at radius 2 is 2.33 bits per heavy atom. The Balaban J connectivity index is 2.05. The van der Waals surface area contributed by atoms with Crippen LogP contribution in [0.25, 0.3) is 0 Å². The Labute approximate surface area is 107 Å². The van der Waals surface area contributed by atoms with Crippen LogP contribution in [0.3, 0.4) is 0 Å². The Kier molecular flexibility index (Phi) is 3.83. The molecule has 3 nitrogen and oxygen atoms in total. The van der Waals surface area contributed by atoms with Gasteiger partial charge in [-0.3, -0.25) is 0 Å². The molecule has 1 aromatic carbocycles. The van der Waals surface area contributed by atoms with Gasteiger partial charge in [-0.1, -0.05) is 0 Å². The quantitative estimate of drug-likeness (QED) is 0.819. The van der Waals surface area contributed by atoms with Crippen LogP contribution in [0, 0.1) is 23.1 Å². The normalized spacial score (nSPS) is 19.8. The molecule has 1 unspecified atom stereocenters. The van der Waals surface area contributed by atoms with Crippen molar-refractivity contribution in [2.24, 2.45) is 5.92 Å². The molecular formula is C14H18FN3.